The Hall–Kier alpha value is -3.42. The molecule has 0 saturated heterocycles. The molecule has 0 fully saturated rings. The summed E-state index contributed by atoms with van der Waals surface area (Å²) >= 11 is 1.30. The highest BCUT2D eigenvalue weighted by atomic mass is 32.1. The summed E-state index contributed by atoms with van der Waals surface area (Å²) in [4.78, 5) is 21.4. The number of anilines is 1. The molecule has 4 aromatic rings. The number of benzene rings is 2. The van der Waals surface area contributed by atoms with Crippen LogP contribution in [0.1, 0.15) is 26.5 Å². The number of nitrogens with two attached hydrogens (primary N) is 1. The van der Waals surface area contributed by atoms with Gasteiger partial charge in [0.05, 0.1) is 12.8 Å². The fourth-order valence-corrected chi connectivity index (χ4v) is 5.32. The lowest BCUT2D eigenvalue weighted by atomic mass is 9.92. The SMILES string of the molecule is COc1ccc(-c2c3c(nc4sc(C(=O)Oc5cccc(C)c5)c(N)c24)CCN(C)C3)cc1. The van der Waals surface area contributed by atoms with Crippen molar-refractivity contribution in [2.75, 3.05) is 26.4 Å². The summed E-state index contributed by atoms with van der Waals surface area (Å²) < 4.78 is 11.0. The molecule has 2 aromatic heterocycles. The number of carbonyl (C=O) groups excluding carboxylic acids is 1. The van der Waals surface area contributed by atoms with Gasteiger partial charge < -0.3 is 20.1 Å². The Morgan fingerprint density at radius 3 is 2.67 bits per heavy atom. The molecule has 2 N–H and O–H groups in total. The standard InChI is InChI=1S/C26H25N3O3S/c1-15-5-4-6-18(13-15)32-26(30)24-23(27)22-21(16-7-9-17(31-3)10-8-16)19-14-29(2)12-11-20(19)28-25(22)33-24/h4-10,13H,11-12,14,27H2,1-3H3. The van der Waals surface area contributed by atoms with E-state index in [4.69, 9.17) is 20.2 Å². The third-order valence-electron chi connectivity index (χ3n) is 5.99. The molecule has 0 bridgehead atoms. The van der Waals surface area contributed by atoms with E-state index in [9.17, 15) is 4.79 Å². The minimum absolute atomic E-state index is 0.379. The maximum absolute atomic E-state index is 13.1. The second-order valence-electron chi connectivity index (χ2n) is 8.36. The number of hydrogen-bond acceptors (Lipinski definition) is 7. The number of nitrogen functional groups attached to an aromatic ring is 1. The van der Waals surface area contributed by atoms with Crippen molar-refractivity contribution < 1.29 is 14.3 Å². The third-order valence-corrected chi connectivity index (χ3v) is 7.07. The first-order valence-electron chi connectivity index (χ1n) is 10.8. The van der Waals surface area contributed by atoms with Gasteiger partial charge in [0.2, 0.25) is 0 Å². The molecule has 2 aromatic carbocycles. The van der Waals surface area contributed by atoms with Gasteiger partial charge in [0, 0.05) is 36.2 Å². The zero-order valence-electron chi connectivity index (χ0n) is 18.8. The van der Waals surface area contributed by atoms with Crippen molar-refractivity contribution in [2.45, 2.75) is 19.9 Å². The summed E-state index contributed by atoms with van der Waals surface area (Å²) in [6, 6.07) is 15.4. The molecule has 0 atom stereocenters. The molecule has 6 nitrogen and oxygen atoms in total. The predicted octanol–water partition coefficient (Wildman–Crippen LogP) is 5.07. The van der Waals surface area contributed by atoms with Crippen molar-refractivity contribution >= 4 is 33.2 Å². The molecule has 0 aliphatic carbocycles. The van der Waals surface area contributed by atoms with Crippen LogP contribution in [0.2, 0.25) is 0 Å². The maximum atomic E-state index is 13.1. The molecule has 1 aliphatic rings. The number of hydrogen-bond donors (Lipinski definition) is 1. The Morgan fingerprint density at radius 1 is 1.15 bits per heavy atom. The second kappa shape index (κ2) is 8.50. The molecule has 1 aliphatic heterocycles. The van der Waals surface area contributed by atoms with Gasteiger partial charge in [-0.25, -0.2) is 9.78 Å². The number of esters is 1. The van der Waals surface area contributed by atoms with E-state index in [1.165, 1.54) is 11.3 Å². The van der Waals surface area contributed by atoms with Crippen LogP contribution in [0.25, 0.3) is 21.3 Å². The normalized spacial score (nSPS) is 13.7. The van der Waals surface area contributed by atoms with Gasteiger partial charge in [-0.05, 0) is 54.9 Å². The largest absolute Gasteiger partial charge is 0.497 e. The van der Waals surface area contributed by atoms with E-state index in [1.54, 1.807) is 13.2 Å². The number of thiophene rings is 1. The van der Waals surface area contributed by atoms with Crippen LogP contribution in [0.15, 0.2) is 48.5 Å². The van der Waals surface area contributed by atoms with E-state index in [0.717, 1.165) is 63.4 Å². The van der Waals surface area contributed by atoms with Crippen molar-refractivity contribution in [1.29, 1.82) is 0 Å². The summed E-state index contributed by atoms with van der Waals surface area (Å²) in [5.41, 5.74) is 12.3. The van der Waals surface area contributed by atoms with Crippen LogP contribution in [0.5, 0.6) is 11.5 Å². The molecular weight excluding hydrogens is 434 g/mol. The molecular formula is C26H25N3O3S. The van der Waals surface area contributed by atoms with Crippen LogP contribution in [0.4, 0.5) is 5.69 Å². The third kappa shape index (κ3) is 3.94. The van der Waals surface area contributed by atoms with E-state index < -0.39 is 5.97 Å². The molecule has 7 heteroatoms. The number of rotatable bonds is 4. The molecule has 168 valence electrons. The lowest BCUT2D eigenvalue weighted by Gasteiger charge is -2.27. The van der Waals surface area contributed by atoms with Crippen molar-refractivity contribution in [3.63, 3.8) is 0 Å². The minimum atomic E-state index is -0.461. The van der Waals surface area contributed by atoms with E-state index >= 15 is 0 Å². The second-order valence-corrected chi connectivity index (χ2v) is 9.36. The Kier molecular flexibility index (Phi) is 5.52. The summed E-state index contributed by atoms with van der Waals surface area (Å²) in [6.45, 7) is 3.67. The van der Waals surface area contributed by atoms with Crippen LogP contribution in [-0.4, -0.2) is 36.6 Å². The summed E-state index contributed by atoms with van der Waals surface area (Å²) in [5.74, 6) is 0.828. The topological polar surface area (TPSA) is 77.7 Å². The zero-order valence-corrected chi connectivity index (χ0v) is 19.7. The minimum Gasteiger partial charge on any atom is -0.497 e. The van der Waals surface area contributed by atoms with E-state index in [0.29, 0.717) is 16.3 Å². The van der Waals surface area contributed by atoms with Crippen LogP contribution >= 0.6 is 11.3 Å². The first-order chi connectivity index (χ1) is 15.9. The summed E-state index contributed by atoms with van der Waals surface area (Å²) in [5, 5.41) is 0.815. The lowest BCUT2D eigenvalue weighted by Crippen LogP contribution is -2.27. The lowest BCUT2D eigenvalue weighted by molar-refractivity contribution is 0.0741. The van der Waals surface area contributed by atoms with Crippen LogP contribution < -0.4 is 15.2 Å². The fourth-order valence-electron chi connectivity index (χ4n) is 4.32. The molecule has 3 heterocycles. The van der Waals surface area contributed by atoms with Gasteiger partial charge in [-0.2, -0.15) is 0 Å². The molecule has 5 rings (SSSR count). The van der Waals surface area contributed by atoms with Gasteiger partial charge >= 0.3 is 5.97 Å². The van der Waals surface area contributed by atoms with Crippen molar-refractivity contribution in [2.24, 2.45) is 0 Å². The number of nitrogens with zero attached hydrogens (tertiary/aromatic N) is 2. The number of carbonyl (C=O) groups is 1. The highest BCUT2D eigenvalue weighted by Gasteiger charge is 2.27. The quantitative estimate of drug-likeness (QED) is 0.339. The average molecular weight is 460 g/mol. The Bertz CT molecular complexity index is 1360. The smallest absolute Gasteiger partial charge is 0.355 e. The van der Waals surface area contributed by atoms with Crippen LogP contribution in [0.3, 0.4) is 0 Å². The molecule has 0 spiro atoms. The first kappa shape index (κ1) is 21.4. The molecule has 0 saturated carbocycles. The summed E-state index contributed by atoms with van der Waals surface area (Å²) in [6.07, 6.45) is 0.853. The van der Waals surface area contributed by atoms with Gasteiger partial charge in [0.25, 0.3) is 0 Å². The van der Waals surface area contributed by atoms with Gasteiger partial charge in [0.15, 0.2) is 0 Å². The van der Waals surface area contributed by atoms with Gasteiger partial charge in [-0.3, -0.25) is 0 Å². The van der Waals surface area contributed by atoms with Crippen LogP contribution in [0, 0.1) is 6.92 Å². The van der Waals surface area contributed by atoms with Crippen molar-refractivity contribution in [1.82, 2.24) is 9.88 Å². The predicted molar refractivity (Wildman–Crippen MR) is 132 cm³/mol. The number of pyridine rings is 1. The van der Waals surface area contributed by atoms with Crippen molar-refractivity contribution in [3.05, 3.63) is 70.2 Å². The molecule has 0 amide bonds. The van der Waals surface area contributed by atoms with Crippen molar-refractivity contribution in [3.8, 4) is 22.6 Å². The Balaban J connectivity index is 1.67. The Labute approximate surface area is 196 Å². The number of ether oxygens (including phenoxy) is 2. The van der Waals surface area contributed by atoms with Crippen LogP contribution in [-0.2, 0) is 13.0 Å². The molecule has 33 heavy (non-hydrogen) atoms. The zero-order chi connectivity index (χ0) is 23.1. The first-order valence-corrected chi connectivity index (χ1v) is 11.6. The van der Waals surface area contributed by atoms with E-state index in [-0.39, 0.29) is 0 Å². The highest BCUT2D eigenvalue weighted by Crippen LogP contribution is 2.43. The average Bonchev–Trinajstić information content (AvgIpc) is 3.14. The van der Waals surface area contributed by atoms with Gasteiger partial charge in [-0.15, -0.1) is 11.3 Å². The summed E-state index contributed by atoms with van der Waals surface area (Å²) in [7, 11) is 3.76. The Morgan fingerprint density at radius 2 is 1.94 bits per heavy atom. The molecule has 0 radical (unpaired) electrons. The number of likely N-dealkylation sites (N-methyl/N-ethyl adjacent to an activating group) is 1. The van der Waals surface area contributed by atoms with E-state index in [2.05, 4.69) is 11.9 Å². The maximum Gasteiger partial charge on any atom is 0.355 e. The number of fused-ring (bicyclic) bond motifs is 2. The number of methoxy groups -OCH3 is 1. The molecule has 0 unspecified atom stereocenters. The number of aryl methyl sites for hydroxylation is 1. The van der Waals surface area contributed by atoms with Gasteiger partial charge in [0.1, 0.15) is 21.2 Å². The van der Waals surface area contributed by atoms with E-state index in [1.807, 2.05) is 49.4 Å². The number of aromatic nitrogens is 1. The van der Waals surface area contributed by atoms with Gasteiger partial charge in [-0.1, -0.05) is 24.3 Å². The highest BCUT2D eigenvalue weighted by molar-refractivity contribution is 7.21. The fraction of sp³-hybridized carbons (Fsp3) is 0.231. The monoisotopic (exact) mass is 459 g/mol.